The number of hydrogen-bond donors (Lipinski definition) is 2. The van der Waals surface area contributed by atoms with E-state index in [1.807, 2.05) is 6.07 Å². The molecule has 0 spiro atoms. The highest BCUT2D eigenvalue weighted by atomic mass is 35.5. The molecule has 184 valence electrons. The molecule has 3 aromatic rings. The van der Waals surface area contributed by atoms with E-state index in [1.165, 1.54) is 36.6 Å². The molecule has 1 aliphatic rings. The van der Waals surface area contributed by atoms with Gasteiger partial charge in [-0.25, -0.2) is 13.1 Å². The number of rotatable bonds is 8. The van der Waals surface area contributed by atoms with E-state index in [-0.39, 0.29) is 35.4 Å². The average molecular weight is 505 g/mol. The predicted octanol–water partition coefficient (Wildman–Crippen LogP) is 5.22. The molecule has 34 heavy (non-hydrogen) atoms. The minimum Gasteiger partial charge on any atom is -0.497 e. The molecule has 0 aromatic heterocycles. The fourth-order valence-corrected chi connectivity index (χ4v) is 6.26. The van der Waals surface area contributed by atoms with Crippen LogP contribution in [0.5, 0.6) is 11.5 Å². The molecule has 3 atom stereocenters. The monoisotopic (exact) mass is 504 g/mol. The largest absolute Gasteiger partial charge is 0.497 e. The highest BCUT2D eigenvalue weighted by molar-refractivity contribution is 7.89. The van der Waals surface area contributed by atoms with Gasteiger partial charge in [0, 0.05) is 24.2 Å². The number of hydrogen-bond acceptors (Lipinski definition) is 5. The molecule has 0 saturated heterocycles. The van der Waals surface area contributed by atoms with Crippen molar-refractivity contribution < 1.29 is 17.9 Å². The van der Waals surface area contributed by atoms with E-state index >= 15 is 0 Å². The number of sulfonamides is 1. The Morgan fingerprint density at radius 1 is 0.912 bits per heavy atom. The second kappa shape index (κ2) is 11.4. The Morgan fingerprint density at radius 3 is 2.35 bits per heavy atom. The first-order valence-electron chi connectivity index (χ1n) is 11.4. The van der Waals surface area contributed by atoms with Crippen molar-refractivity contribution in [1.82, 2.24) is 10.0 Å². The highest BCUT2D eigenvalue weighted by Crippen LogP contribution is 2.31. The molecule has 1 unspecified atom stereocenters. The van der Waals surface area contributed by atoms with Crippen LogP contribution in [0.25, 0.3) is 10.8 Å². The summed E-state index contributed by atoms with van der Waals surface area (Å²) in [4.78, 5) is 0.0933. The van der Waals surface area contributed by atoms with Gasteiger partial charge in [-0.2, -0.15) is 0 Å². The molecule has 4 rings (SSSR count). The van der Waals surface area contributed by atoms with Gasteiger partial charge in [-0.05, 0) is 48.2 Å². The molecular weight excluding hydrogens is 472 g/mol. The first-order valence-corrected chi connectivity index (χ1v) is 12.9. The van der Waals surface area contributed by atoms with Gasteiger partial charge >= 0.3 is 0 Å². The lowest BCUT2D eigenvalue weighted by Crippen LogP contribution is -2.52. The van der Waals surface area contributed by atoms with Crippen LogP contribution in [0.1, 0.15) is 44.2 Å². The zero-order valence-electron chi connectivity index (χ0n) is 19.8. The van der Waals surface area contributed by atoms with Crippen LogP contribution < -0.4 is 19.5 Å². The number of methoxy groups -OCH3 is 2. The van der Waals surface area contributed by atoms with Crippen LogP contribution >= 0.6 is 12.4 Å². The van der Waals surface area contributed by atoms with Crippen LogP contribution in [0.3, 0.4) is 0 Å². The maximum absolute atomic E-state index is 13.3. The first-order chi connectivity index (χ1) is 15.9. The second-order valence-corrected chi connectivity index (χ2v) is 10.3. The Kier molecular flexibility index (Phi) is 8.82. The Hall–Kier alpha value is -2.32. The summed E-state index contributed by atoms with van der Waals surface area (Å²) in [5.41, 5.74) is 1.22. The Labute approximate surface area is 208 Å². The van der Waals surface area contributed by atoms with Gasteiger partial charge in [0.2, 0.25) is 10.0 Å². The topological polar surface area (TPSA) is 76.7 Å². The molecule has 0 amide bonds. The summed E-state index contributed by atoms with van der Waals surface area (Å²) in [5.74, 6) is 0.770. The Bertz CT molecular complexity index is 1210. The van der Waals surface area contributed by atoms with Crippen LogP contribution in [-0.2, 0) is 10.0 Å². The average Bonchev–Trinajstić information content (AvgIpc) is 2.84. The predicted molar refractivity (Wildman–Crippen MR) is 139 cm³/mol. The van der Waals surface area contributed by atoms with Crippen LogP contribution in [0.15, 0.2) is 65.6 Å². The molecule has 2 N–H and O–H groups in total. The molecular formula is C26H33ClN2O4S. The quantitative estimate of drug-likeness (QED) is 0.440. The zero-order chi connectivity index (χ0) is 23.4. The van der Waals surface area contributed by atoms with Gasteiger partial charge in [0.1, 0.15) is 16.4 Å². The van der Waals surface area contributed by atoms with Gasteiger partial charge in [0.15, 0.2) is 0 Å². The number of halogens is 1. The van der Waals surface area contributed by atoms with Gasteiger partial charge in [0.05, 0.1) is 14.2 Å². The lowest BCUT2D eigenvalue weighted by molar-refractivity contribution is 0.291. The van der Waals surface area contributed by atoms with E-state index in [9.17, 15) is 8.42 Å². The number of ether oxygens (including phenoxy) is 2. The maximum Gasteiger partial charge on any atom is 0.244 e. The summed E-state index contributed by atoms with van der Waals surface area (Å²) in [6.45, 7) is 2.15. The minimum atomic E-state index is -3.80. The van der Waals surface area contributed by atoms with Crippen molar-refractivity contribution in [3.63, 3.8) is 0 Å². The van der Waals surface area contributed by atoms with E-state index < -0.39 is 10.0 Å². The second-order valence-electron chi connectivity index (χ2n) is 8.59. The van der Waals surface area contributed by atoms with Gasteiger partial charge in [-0.1, -0.05) is 55.3 Å². The van der Waals surface area contributed by atoms with Crippen molar-refractivity contribution in [3.8, 4) is 11.5 Å². The molecule has 8 heteroatoms. The molecule has 0 radical (unpaired) electrons. The fourth-order valence-electron chi connectivity index (χ4n) is 4.77. The van der Waals surface area contributed by atoms with Crippen LogP contribution in [0.4, 0.5) is 0 Å². The number of fused-ring (bicyclic) bond motifs is 1. The van der Waals surface area contributed by atoms with Crippen molar-refractivity contribution in [2.45, 2.75) is 55.6 Å². The standard InChI is InChI=1S/C26H32N2O4S.ClH/c1-18(21-12-8-10-19-9-4-5-11-22(19)21)27-23-13-6-7-14-24(23)28-33(29,30)26-17-20(31-2)15-16-25(26)32-3;/h4-5,8-12,15-18,23-24,27-28H,6-7,13-14H2,1-3H3;1H/t18?,23-,24-;/m1./s1. The van der Waals surface area contributed by atoms with Crippen LogP contribution in [0, 0.1) is 0 Å². The van der Waals surface area contributed by atoms with Crippen molar-refractivity contribution >= 4 is 33.2 Å². The van der Waals surface area contributed by atoms with Crippen molar-refractivity contribution in [1.29, 1.82) is 0 Å². The minimum absolute atomic E-state index is 0. The number of nitrogens with one attached hydrogen (secondary N) is 2. The molecule has 0 heterocycles. The molecule has 1 fully saturated rings. The smallest absolute Gasteiger partial charge is 0.244 e. The third kappa shape index (κ3) is 5.66. The first kappa shape index (κ1) is 26.3. The van der Waals surface area contributed by atoms with Crippen LogP contribution in [0.2, 0.25) is 0 Å². The molecule has 6 nitrogen and oxygen atoms in total. The van der Waals surface area contributed by atoms with Gasteiger partial charge in [-0.3, -0.25) is 0 Å². The SMILES string of the molecule is COc1ccc(OC)c(S(=O)(=O)N[C@@H]2CCCC[C@H]2NC(C)c2cccc3ccccc23)c1.Cl. The molecule has 0 aliphatic heterocycles. The van der Waals surface area contributed by atoms with Crippen molar-refractivity contribution in [2.75, 3.05) is 14.2 Å². The Morgan fingerprint density at radius 2 is 1.62 bits per heavy atom. The van der Waals surface area contributed by atoms with Crippen molar-refractivity contribution in [2.24, 2.45) is 0 Å². The summed E-state index contributed by atoms with van der Waals surface area (Å²) in [7, 11) is -0.813. The zero-order valence-corrected chi connectivity index (χ0v) is 21.4. The van der Waals surface area contributed by atoms with E-state index in [0.717, 1.165) is 25.7 Å². The van der Waals surface area contributed by atoms with Crippen molar-refractivity contribution in [3.05, 3.63) is 66.2 Å². The van der Waals surface area contributed by atoms with Crippen LogP contribution in [-0.4, -0.2) is 34.7 Å². The summed E-state index contributed by atoms with van der Waals surface area (Å²) < 4.78 is 40.2. The third-order valence-electron chi connectivity index (χ3n) is 6.49. The lowest BCUT2D eigenvalue weighted by Gasteiger charge is -2.35. The highest BCUT2D eigenvalue weighted by Gasteiger charge is 2.32. The normalized spacial score (nSPS) is 19.3. The molecule has 1 aliphatic carbocycles. The summed E-state index contributed by atoms with van der Waals surface area (Å²) in [6, 6.07) is 19.4. The number of benzene rings is 3. The molecule has 3 aromatic carbocycles. The van der Waals surface area contributed by atoms with Gasteiger partial charge in [-0.15, -0.1) is 12.4 Å². The maximum atomic E-state index is 13.3. The summed E-state index contributed by atoms with van der Waals surface area (Å²) in [5, 5.41) is 6.14. The summed E-state index contributed by atoms with van der Waals surface area (Å²) in [6.07, 6.45) is 3.76. The third-order valence-corrected chi connectivity index (χ3v) is 8.00. The van der Waals surface area contributed by atoms with E-state index in [1.54, 1.807) is 12.1 Å². The Balaban J connectivity index is 0.00000324. The molecule has 0 bridgehead atoms. The van der Waals surface area contributed by atoms with Gasteiger partial charge in [0.25, 0.3) is 0 Å². The lowest BCUT2D eigenvalue weighted by atomic mass is 9.89. The van der Waals surface area contributed by atoms with E-state index in [2.05, 4.69) is 53.4 Å². The van der Waals surface area contributed by atoms with Gasteiger partial charge < -0.3 is 14.8 Å². The molecule has 1 saturated carbocycles. The summed E-state index contributed by atoms with van der Waals surface area (Å²) >= 11 is 0. The van der Waals surface area contributed by atoms with E-state index in [0.29, 0.717) is 11.5 Å². The fraction of sp³-hybridized carbons (Fsp3) is 0.385. The van der Waals surface area contributed by atoms with E-state index in [4.69, 9.17) is 9.47 Å².